The minimum Gasteiger partial charge on any atom is -1.00 e. The fraction of sp³-hybridized carbons (Fsp3) is 0.370. The summed E-state index contributed by atoms with van der Waals surface area (Å²) in [6, 6.07) is 16.2. The molecule has 4 rings (SSSR count). The zero-order valence-corrected chi connectivity index (χ0v) is 21.6. The summed E-state index contributed by atoms with van der Waals surface area (Å²) in [6.07, 6.45) is 12.0. The van der Waals surface area contributed by atoms with E-state index in [0.717, 1.165) is 18.3 Å². The van der Waals surface area contributed by atoms with Crippen molar-refractivity contribution in [2.75, 3.05) is 0 Å². The second-order valence-corrected chi connectivity index (χ2v) is 13.3. The van der Waals surface area contributed by atoms with Gasteiger partial charge in [-0.05, 0) is 0 Å². The monoisotopic (exact) mass is 474 g/mol. The number of hydrogen-bond donors (Lipinski definition) is 0. The zero-order chi connectivity index (χ0) is 19.7. The molecule has 0 N–H and O–H groups in total. The van der Waals surface area contributed by atoms with Gasteiger partial charge in [-0.15, -0.1) is 0 Å². The molecule has 0 fully saturated rings. The number of hydrogen-bond acceptors (Lipinski definition) is 0. The summed E-state index contributed by atoms with van der Waals surface area (Å²) in [5.41, 5.74) is 6.11. The van der Waals surface area contributed by atoms with E-state index >= 15 is 0 Å². The first-order valence-corrected chi connectivity index (χ1v) is 13.2. The normalized spacial score (nSPS) is 13.2. The minimum atomic E-state index is -1.69. The molecule has 0 atom stereocenters. The van der Waals surface area contributed by atoms with Crippen molar-refractivity contribution < 1.29 is 42.2 Å². The molecule has 0 saturated heterocycles. The van der Waals surface area contributed by atoms with Gasteiger partial charge in [0.2, 0.25) is 0 Å². The van der Waals surface area contributed by atoms with Crippen molar-refractivity contribution in [2.24, 2.45) is 11.8 Å². The van der Waals surface area contributed by atoms with Crippen LogP contribution in [-0.4, -0.2) is 3.81 Å². The average Bonchev–Trinajstić information content (AvgIpc) is 3.29. The van der Waals surface area contributed by atoms with Crippen LogP contribution in [0.5, 0.6) is 0 Å². The van der Waals surface area contributed by atoms with Gasteiger partial charge < -0.3 is 24.8 Å². The molecule has 2 aliphatic rings. The van der Waals surface area contributed by atoms with Crippen LogP contribution >= 0.6 is 0 Å². The molecule has 2 aromatic rings. The molecule has 30 heavy (non-hydrogen) atoms. The Morgan fingerprint density at radius 2 is 1.53 bits per heavy atom. The molecule has 0 aliphatic heterocycles. The summed E-state index contributed by atoms with van der Waals surface area (Å²) in [4.78, 5) is 0. The Morgan fingerprint density at radius 3 is 2.17 bits per heavy atom. The Hall–Kier alpha value is -0.916. The Kier molecular flexibility index (Phi) is 9.38. The standard InChI is InChI=1S/C13H9.C9H18.C5H5.2ClH.Ti/c1-3-7-12-10(5-1)9-11-6-2-4-8-13(11)12;1-8(2)6-5-7-9(3)4;1-2-4-5-3-1;;;/h1-5,7-8H,9H2;8-9H,6-7H2,1-4H3;1-3H,4H2;2*1H;/q;;;;;+2/p-2. The summed E-state index contributed by atoms with van der Waals surface area (Å²) in [5.74, 6) is 1.47. The molecule has 0 saturated carbocycles. The zero-order valence-electron chi connectivity index (χ0n) is 18.5. The first-order chi connectivity index (χ1) is 13.5. The van der Waals surface area contributed by atoms with E-state index in [4.69, 9.17) is 0 Å². The quantitative estimate of drug-likeness (QED) is 0.459. The Morgan fingerprint density at radius 1 is 0.867 bits per heavy atom. The summed E-state index contributed by atoms with van der Waals surface area (Å²) >= 11 is -1.69. The van der Waals surface area contributed by atoms with Crippen LogP contribution in [0.4, 0.5) is 0 Å². The molecule has 2 aromatic carbocycles. The molecule has 0 amide bonds. The van der Waals surface area contributed by atoms with Crippen molar-refractivity contribution in [1.29, 1.82) is 0 Å². The van der Waals surface area contributed by atoms with Crippen LogP contribution in [0.25, 0.3) is 11.1 Å². The van der Waals surface area contributed by atoms with E-state index in [0.29, 0.717) is 0 Å². The number of halogens is 2. The van der Waals surface area contributed by atoms with Gasteiger partial charge in [0.1, 0.15) is 0 Å². The van der Waals surface area contributed by atoms with Crippen molar-refractivity contribution in [1.82, 2.24) is 0 Å². The van der Waals surface area contributed by atoms with E-state index in [1.807, 2.05) is 3.81 Å². The Balaban J connectivity index is 0.00000160. The Labute approximate surface area is 201 Å². The van der Waals surface area contributed by atoms with Crippen molar-refractivity contribution >= 4 is 7.68 Å². The predicted molar refractivity (Wildman–Crippen MR) is 120 cm³/mol. The SMILES string of the molecule is CC(C)C[C](CC(C)C)=[Ti+2]([C]1=CC=CC1)[c]1cccc2c1Cc1ccccc1-2.[Cl-].[Cl-]. The molecule has 2 aliphatic carbocycles. The van der Waals surface area contributed by atoms with Gasteiger partial charge in [0.15, 0.2) is 0 Å². The maximum Gasteiger partial charge on any atom is -1.00 e. The summed E-state index contributed by atoms with van der Waals surface area (Å²) < 4.78 is 5.37. The smallest absolute Gasteiger partial charge is 1.00 e. The largest absolute Gasteiger partial charge is 1.00 e. The fourth-order valence-electron chi connectivity index (χ4n) is 4.89. The maximum atomic E-state index is 2.49. The van der Waals surface area contributed by atoms with Crippen molar-refractivity contribution in [3.05, 3.63) is 75.7 Å². The number of rotatable bonds is 6. The minimum absolute atomic E-state index is 0. The van der Waals surface area contributed by atoms with Gasteiger partial charge in [0.05, 0.1) is 0 Å². The van der Waals surface area contributed by atoms with Crippen LogP contribution in [0.3, 0.4) is 0 Å². The maximum absolute atomic E-state index is 2.49. The molecule has 0 unspecified atom stereocenters. The van der Waals surface area contributed by atoms with Gasteiger partial charge >= 0.3 is 177 Å². The van der Waals surface area contributed by atoms with Gasteiger partial charge in [-0.3, -0.25) is 0 Å². The van der Waals surface area contributed by atoms with Gasteiger partial charge in [-0.2, -0.15) is 0 Å². The summed E-state index contributed by atoms with van der Waals surface area (Å²) in [7, 11) is 0. The van der Waals surface area contributed by atoms with Crippen LogP contribution in [-0.2, 0) is 23.8 Å². The van der Waals surface area contributed by atoms with E-state index in [1.165, 1.54) is 36.0 Å². The van der Waals surface area contributed by atoms with Gasteiger partial charge in [0, 0.05) is 0 Å². The molecular formula is C27H32Cl2Ti. The van der Waals surface area contributed by atoms with Crippen LogP contribution in [0, 0.1) is 11.8 Å². The molecule has 0 spiro atoms. The van der Waals surface area contributed by atoms with Crippen LogP contribution in [0.1, 0.15) is 58.1 Å². The molecule has 0 heterocycles. The molecular weight excluding hydrogens is 443 g/mol. The van der Waals surface area contributed by atoms with E-state index in [2.05, 4.69) is 88.4 Å². The number of benzene rings is 2. The topological polar surface area (TPSA) is 0 Å². The first kappa shape index (κ1) is 25.3. The summed E-state index contributed by atoms with van der Waals surface area (Å²) in [5, 5.41) is 0. The first-order valence-electron chi connectivity index (χ1n) is 10.8. The molecule has 0 radical (unpaired) electrons. The number of allylic oxidation sites excluding steroid dienone is 4. The third kappa shape index (κ3) is 5.28. The molecule has 3 heteroatoms. The molecule has 0 bridgehead atoms. The third-order valence-corrected chi connectivity index (χ3v) is 10.8. The second-order valence-electron chi connectivity index (χ2n) is 9.16. The summed E-state index contributed by atoms with van der Waals surface area (Å²) in [6.45, 7) is 9.57. The Bertz CT molecular complexity index is 968. The van der Waals surface area contributed by atoms with Crippen LogP contribution in [0.2, 0.25) is 0 Å². The average molecular weight is 475 g/mol. The van der Waals surface area contributed by atoms with Gasteiger partial charge in [-0.25, -0.2) is 0 Å². The van der Waals surface area contributed by atoms with Gasteiger partial charge in [-0.1, -0.05) is 0 Å². The fourth-order valence-corrected chi connectivity index (χ4v) is 10.8. The van der Waals surface area contributed by atoms with Crippen LogP contribution < -0.4 is 28.7 Å². The van der Waals surface area contributed by atoms with E-state index in [-0.39, 0.29) is 24.8 Å². The van der Waals surface area contributed by atoms with Crippen molar-refractivity contribution in [3.8, 4) is 11.1 Å². The third-order valence-electron chi connectivity index (χ3n) is 5.88. The van der Waals surface area contributed by atoms with E-state index in [9.17, 15) is 0 Å². The van der Waals surface area contributed by atoms with Crippen LogP contribution in [0.15, 0.2) is 64.6 Å². The van der Waals surface area contributed by atoms with E-state index in [1.54, 1.807) is 13.3 Å². The molecule has 158 valence electrons. The second kappa shape index (κ2) is 11.1. The van der Waals surface area contributed by atoms with Gasteiger partial charge in [0.25, 0.3) is 0 Å². The van der Waals surface area contributed by atoms with E-state index < -0.39 is 17.4 Å². The van der Waals surface area contributed by atoms with Crippen molar-refractivity contribution in [2.45, 2.75) is 53.4 Å². The van der Waals surface area contributed by atoms with Crippen molar-refractivity contribution in [3.63, 3.8) is 0 Å². The molecule has 0 aromatic heterocycles. The molecule has 0 nitrogen and oxygen atoms in total. The number of fused-ring (bicyclic) bond motifs is 3. The predicted octanol–water partition coefficient (Wildman–Crippen LogP) is 0.618.